The molecule has 0 radical (unpaired) electrons. The van der Waals surface area contributed by atoms with E-state index in [9.17, 15) is 4.79 Å². The highest BCUT2D eigenvalue weighted by Crippen LogP contribution is 2.29. The second kappa shape index (κ2) is 7.93. The maximum absolute atomic E-state index is 12.4. The molecule has 0 saturated heterocycles. The third-order valence-electron chi connectivity index (χ3n) is 3.48. The second-order valence-corrected chi connectivity index (χ2v) is 5.63. The van der Waals surface area contributed by atoms with Crippen molar-refractivity contribution in [1.82, 2.24) is 0 Å². The van der Waals surface area contributed by atoms with Gasteiger partial charge in [0.25, 0.3) is 5.91 Å². The van der Waals surface area contributed by atoms with Crippen LogP contribution in [0.2, 0.25) is 5.02 Å². The Morgan fingerprint density at radius 1 is 1.08 bits per heavy atom. The summed E-state index contributed by atoms with van der Waals surface area (Å²) < 4.78 is 16.1. The molecule has 0 unspecified atom stereocenters. The molecule has 2 aromatic carbocycles. The average molecular weight is 350 g/mol. The number of anilines is 1. The number of hydrogen-bond donors (Lipinski definition) is 1. The molecule has 0 bridgehead atoms. The summed E-state index contributed by atoms with van der Waals surface area (Å²) in [6, 6.07) is 10.4. The number of methoxy groups -OCH3 is 2. The van der Waals surface area contributed by atoms with E-state index in [-0.39, 0.29) is 5.91 Å². The predicted octanol–water partition coefficient (Wildman–Crippen LogP) is 4.07. The van der Waals surface area contributed by atoms with Crippen molar-refractivity contribution in [1.29, 1.82) is 0 Å². The molecule has 0 spiro atoms. The molecule has 5 nitrogen and oxygen atoms in total. The van der Waals surface area contributed by atoms with Gasteiger partial charge in [-0.15, -0.1) is 0 Å². The zero-order valence-corrected chi connectivity index (χ0v) is 14.8. The Morgan fingerprint density at radius 3 is 2.42 bits per heavy atom. The Kier molecular flexibility index (Phi) is 5.93. The van der Waals surface area contributed by atoms with E-state index < -0.39 is 6.10 Å². The Hall–Kier alpha value is -2.40. The molecule has 0 aliphatic rings. The first-order valence-corrected chi connectivity index (χ1v) is 7.78. The summed E-state index contributed by atoms with van der Waals surface area (Å²) in [4.78, 5) is 12.4. The van der Waals surface area contributed by atoms with Crippen LogP contribution in [-0.2, 0) is 4.79 Å². The highest BCUT2D eigenvalue weighted by molar-refractivity contribution is 6.31. The minimum absolute atomic E-state index is 0.297. The van der Waals surface area contributed by atoms with Gasteiger partial charge >= 0.3 is 0 Å². The number of carbonyl (C=O) groups is 1. The van der Waals surface area contributed by atoms with E-state index in [1.54, 1.807) is 50.4 Å². The van der Waals surface area contributed by atoms with Gasteiger partial charge in [0, 0.05) is 11.1 Å². The van der Waals surface area contributed by atoms with E-state index in [0.29, 0.717) is 28.0 Å². The van der Waals surface area contributed by atoms with Gasteiger partial charge in [-0.25, -0.2) is 0 Å². The molecule has 0 aliphatic carbocycles. The number of rotatable bonds is 6. The highest BCUT2D eigenvalue weighted by atomic mass is 35.5. The molecular weight excluding hydrogens is 330 g/mol. The number of ether oxygens (including phenoxy) is 3. The van der Waals surface area contributed by atoms with Crippen molar-refractivity contribution in [2.24, 2.45) is 0 Å². The van der Waals surface area contributed by atoms with Gasteiger partial charge in [-0.3, -0.25) is 4.79 Å². The zero-order valence-electron chi connectivity index (χ0n) is 14.1. The molecular formula is C18H20ClNO4. The van der Waals surface area contributed by atoms with Crippen molar-refractivity contribution in [2.45, 2.75) is 20.0 Å². The summed E-state index contributed by atoms with van der Waals surface area (Å²) in [7, 11) is 3.09. The van der Waals surface area contributed by atoms with E-state index in [2.05, 4.69) is 5.32 Å². The van der Waals surface area contributed by atoms with Crippen LogP contribution in [0.25, 0.3) is 0 Å². The molecule has 2 aromatic rings. The van der Waals surface area contributed by atoms with Crippen molar-refractivity contribution in [2.75, 3.05) is 19.5 Å². The molecule has 2 rings (SSSR count). The number of hydrogen-bond acceptors (Lipinski definition) is 4. The number of benzene rings is 2. The predicted molar refractivity (Wildman–Crippen MR) is 94.5 cm³/mol. The van der Waals surface area contributed by atoms with Gasteiger partial charge in [0.2, 0.25) is 0 Å². The number of nitrogens with one attached hydrogen (secondary N) is 1. The first kappa shape index (κ1) is 17.9. The first-order chi connectivity index (χ1) is 11.4. The van der Waals surface area contributed by atoms with E-state index in [0.717, 1.165) is 5.56 Å². The summed E-state index contributed by atoms with van der Waals surface area (Å²) >= 11 is 5.99. The van der Waals surface area contributed by atoms with Crippen LogP contribution < -0.4 is 19.5 Å². The molecule has 24 heavy (non-hydrogen) atoms. The van der Waals surface area contributed by atoms with Crippen molar-refractivity contribution in [3.63, 3.8) is 0 Å². The number of amides is 1. The Morgan fingerprint density at radius 2 is 1.79 bits per heavy atom. The van der Waals surface area contributed by atoms with Crippen LogP contribution in [0.15, 0.2) is 36.4 Å². The Bertz CT molecular complexity index is 733. The van der Waals surface area contributed by atoms with E-state index >= 15 is 0 Å². The van der Waals surface area contributed by atoms with Crippen LogP contribution in [0.5, 0.6) is 17.2 Å². The van der Waals surface area contributed by atoms with Crippen LogP contribution in [-0.4, -0.2) is 26.2 Å². The Labute approximate surface area is 146 Å². The highest BCUT2D eigenvalue weighted by Gasteiger charge is 2.17. The smallest absolute Gasteiger partial charge is 0.265 e. The minimum atomic E-state index is -0.693. The standard InChI is InChI=1S/C18H20ClNO4/c1-11-9-14(5-7-15(11)19)24-12(2)18(21)20-16-10-13(22-3)6-8-17(16)23-4/h5-10,12H,1-4H3,(H,20,21)/t12-/m0/s1. The Balaban J connectivity index is 2.09. The lowest BCUT2D eigenvalue weighted by atomic mass is 10.2. The average Bonchev–Trinajstić information content (AvgIpc) is 2.58. The van der Waals surface area contributed by atoms with Gasteiger partial charge in [0.15, 0.2) is 6.10 Å². The van der Waals surface area contributed by atoms with E-state index in [1.807, 2.05) is 6.92 Å². The summed E-state index contributed by atoms with van der Waals surface area (Å²) in [6.45, 7) is 3.55. The van der Waals surface area contributed by atoms with Crippen LogP contribution in [0.4, 0.5) is 5.69 Å². The van der Waals surface area contributed by atoms with Gasteiger partial charge in [-0.2, -0.15) is 0 Å². The van der Waals surface area contributed by atoms with Crippen molar-refractivity contribution < 1.29 is 19.0 Å². The van der Waals surface area contributed by atoms with Crippen molar-refractivity contribution >= 4 is 23.2 Å². The van der Waals surface area contributed by atoms with Crippen LogP contribution in [0, 0.1) is 6.92 Å². The topological polar surface area (TPSA) is 56.8 Å². The monoisotopic (exact) mass is 349 g/mol. The fraction of sp³-hybridized carbons (Fsp3) is 0.278. The summed E-state index contributed by atoms with van der Waals surface area (Å²) in [6.07, 6.45) is -0.693. The quantitative estimate of drug-likeness (QED) is 0.854. The molecule has 1 atom stereocenters. The molecule has 1 N–H and O–H groups in total. The number of aryl methyl sites for hydroxylation is 1. The first-order valence-electron chi connectivity index (χ1n) is 7.40. The third-order valence-corrected chi connectivity index (χ3v) is 3.90. The van der Waals surface area contributed by atoms with Gasteiger partial charge in [0.1, 0.15) is 17.2 Å². The van der Waals surface area contributed by atoms with Gasteiger partial charge < -0.3 is 19.5 Å². The van der Waals surface area contributed by atoms with Crippen LogP contribution >= 0.6 is 11.6 Å². The zero-order chi connectivity index (χ0) is 17.7. The fourth-order valence-corrected chi connectivity index (χ4v) is 2.21. The van der Waals surface area contributed by atoms with E-state index in [4.69, 9.17) is 25.8 Å². The lowest BCUT2D eigenvalue weighted by Crippen LogP contribution is -2.30. The second-order valence-electron chi connectivity index (χ2n) is 5.23. The minimum Gasteiger partial charge on any atom is -0.497 e. The molecule has 0 fully saturated rings. The fourth-order valence-electron chi connectivity index (χ4n) is 2.09. The van der Waals surface area contributed by atoms with Gasteiger partial charge in [-0.05, 0) is 49.7 Å². The number of carbonyl (C=O) groups excluding carboxylic acids is 1. The molecule has 0 saturated carbocycles. The summed E-state index contributed by atoms with van der Waals surface area (Å²) in [5.74, 6) is 1.44. The normalized spacial score (nSPS) is 11.5. The van der Waals surface area contributed by atoms with Crippen molar-refractivity contribution in [3.05, 3.63) is 47.0 Å². The largest absolute Gasteiger partial charge is 0.497 e. The van der Waals surface area contributed by atoms with Crippen molar-refractivity contribution in [3.8, 4) is 17.2 Å². The van der Waals surface area contributed by atoms with Gasteiger partial charge in [-0.1, -0.05) is 11.6 Å². The molecule has 6 heteroatoms. The molecule has 128 valence electrons. The maximum Gasteiger partial charge on any atom is 0.265 e. The molecule has 0 aromatic heterocycles. The molecule has 0 heterocycles. The third kappa shape index (κ3) is 4.32. The lowest BCUT2D eigenvalue weighted by Gasteiger charge is -2.17. The SMILES string of the molecule is COc1ccc(OC)c(NC(=O)[C@H](C)Oc2ccc(Cl)c(C)c2)c1. The molecule has 1 amide bonds. The van der Waals surface area contributed by atoms with Gasteiger partial charge in [0.05, 0.1) is 19.9 Å². The van der Waals surface area contributed by atoms with Crippen LogP contribution in [0.1, 0.15) is 12.5 Å². The maximum atomic E-state index is 12.4. The van der Waals surface area contributed by atoms with E-state index in [1.165, 1.54) is 7.11 Å². The summed E-state index contributed by atoms with van der Waals surface area (Å²) in [5.41, 5.74) is 1.40. The number of halogens is 1. The molecule has 0 aliphatic heterocycles. The lowest BCUT2D eigenvalue weighted by molar-refractivity contribution is -0.122. The van der Waals surface area contributed by atoms with Crippen LogP contribution in [0.3, 0.4) is 0 Å². The summed E-state index contributed by atoms with van der Waals surface area (Å²) in [5, 5.41) is 3.44.